The number of rotatable bonds is 6. The first-order valence-corrected chi connectivity index (χ1v) is 11.2. The van der Waals surface area contributed by atoms with Crippen LogP contribution >= 0.6 is 11.6 Å². The summed E-state index contributed by atoms with van der Waals surface area (Å²) in [4.78, 5) is 18.3. The molecule has 1 aliphatic heterocycles. The topological polar surface area (TPSA) is 35.6 Å². The Balaban J connectivity index is 1.63. The van der Waals surface area contributed by atoms with Crippen molar-refractivity contribution in [1.29, 1.82) is 0 Å². The number of nitrogens with one attached hydrogen (secondary N) is 1. The Kier molecular flexibility index (Phi) is 6.90. The minimum Gasteiger partial charge on any atom is -0.366 e. The Morgan fingerprint density at radius 3 is 2.00 bits per heavy atom. The minimum absolute atomic E-state index is 0.0619. The van der Waals surface area contributed by atoms with Crippen LogP contribution in [0.1, 0.15) is 24.0 Å². The first-order chi connectivity index (χ1) is 15.2. The Bertz CT molecular complexity index is 962. The van der Waals surface area contributed by atoms with E-state index in [1.807, 2.05) is 78.9 Å². The summed E-state index contributed by atoms with van der Waals surface area (Å²) in [6.07, 6.45) is 0. The van der Waals surface area contributed by atoms with E-state index in [0.717, 1.165) is 55.2 Å². The lowest BCUT2D eigenvalue weighted by atomic mass is 9.90. The maximum atomic E-state index is 13.6. The highest BCUT2D eigenvalue weighted by Crippen LogP contribution is 2.36. The third-order valence-corrected chi connectivity index (χ3v) is 6.21. The van der Waals surface area contributed by atoms with Crippen molar-refractivity contribution in [3.05, 3.63) is 95.0 Å². The largest absolute Gasteiger partial charge is 0.366 e. The zero-order valence-corrected chi connectivity index (χ0v) is 18.6. The lowest BCUT2D eigenvalue weighted by Gasteiger charge is -2.37. The van der Waals surface area contributed by atoms with Gasteiger partial charge in [-0.25, -0.2) is 0 Å². The van der Waals surface area contributed by atoms with Gasteiger partial charge in [0.2, 0.25) is 5.91 Å². The number of benzene rings is 3. The fraction of sp³-hybridized carbons (Fsp3) is 0.269. The van der Waals surface area contributed by atoms with Gasteiger partial charge in [0.15, 0.2) is 0 Å². The summed E-state index contributed by atoms with van der Waals surface area (Å²) in [6.45, 7) is 7.00. The molecule has 0 spiro atoms. The maximum absolute atomic E-state index is 13.6. The van der Waals surface area contributed by atoms with Crippen LogP contribution in [0, 0.1) is 0 Å². The fourth-order valence-electron chi connectivity index (χ4n) is 4.22. The second-order valence-electron chi connectivity index (χ2n) is 7.80. The van der Waals surface area contributed by atoms with Gasteiger partial charge in [0.05, 0.1) is 22.3 Å². The average Bonchev–Trinajstić information content (AvgIpc) is 2.81. The van der Waals surface area contributed by atoms with E-state index < -0.39 is 5.92 Å². The smallest absolute Gasteiger partial charge is 0.236 e. The molecular formula is C26H28ClN3O. The molecule has 0 aromatic heterocycles. The number of hydrogen-bond donors (Lipinski definition) is 1. The van der Waals surface area contributed by atoms with Crippen molar-refractivity contribution in [2.75, 3.05) is 42.9 Å². The SMILES string of the molecule is CCN1CCN(c2c(Cl)cccc2NC(=O)C(c2ccccc2)c2ccccc2)CC1. The third-order valence-electron chi connectivity index (χ3n) is 5.91. The van der Waals surface area contributed by atoms with Crippen LogP contribution in [0.2, 0.25) is 5.02 Å². The number of piperazine rings is 1. The minimum atomic E-state index is -0.397. The normalized spacial score (nSPS) is 14.6. The molecule has 0 bridgehead atoms. The van der Waals surface area contributed by atoms with Crippen LogP contribution in [0.3, 0.4) is 0 Å². The zero-order chi connectivity index (χ0) is 21.6. The summed E-state index contributed by atoms with van der Waals surface area (Å²) in [7, 11) is 0. The third kappa shape index (κ3) is 4.92. The number of carbonyl (C=O) groups is 1. The van der Waals surface area contributed by atoms with Crippen LogP contribution in [0.15, 0.2) is 78.9 Å². The lowest BCUT2D eigenvalue weighted by molar-refractivity contribution is -0.116. The van der Waals surface area contributed by atoms with E-state index in [2.05, 4.69) is 22.0 Å². The number of hydrogen-bond acceptors (Lipinski definition) is 3. The highest BCUT2D eigenvalue weighted by Gasteiger charge is 2.26. The predicted molar refractivity (Wildman–Crippen MR) is 129 cm³/mol. The molecule has 3 aromatic rings. The van der Waals surface area contributed by atoms with Crippen molar-refractivity contribution in [2.24, 2.45) is 0 Å². The number of carbonyl (C=O) groups excluding carboxylic acids is 1. The van der Waals surface area contributed by atoms with Crippen molar-refractivity contribution in [1.82, 2.24) is 4.90 Å². The van der Waals surface area contributed by atoms with E-state index in [0.29, 0.717) is 5.02 Å². The predicted octanol–water partition coefficient (Wildman–Crippen LogP) is 5.25. The molecular weight excluding hydrogens is 406 g/mol. The molecule has 0 saturated carbocycles. The molecule has 3 aromatic carbocycles. The molecule has 4 rings (SSSR count). The van der Waals surface area contributed by atoms with Crippen LogP contribution < -0.4 is 10.2 Å². The Morgan fingerprint density at radius 1 is 0.871 bits per heavy atom. The Hall–Kier alpha value is -2.82. The monoisotopic (exact) mass is 433 g/mol. The number of nitrogens with zero attached hydrogens (tertiary/aromatic N) is 2. The highest BCUT2D eigenvalue weighted by atomic mass is 35.5. The number of anilines is 2. The second kappa shape index (κ2) is 9.99. The van der Waals surface area contributed by atoms with Gasteiger partial charge in [-0.15, -0.1) is 0 Å². The lowest BCUT2D eigenvalue weighted by Crippen LogP contribution is -2.46. The first-order valence-electron chi connectivity index (χ1n) is 10.8. The molecule has 160 valence electrons. The number of likely N-dealkylation sites (N-methyl/N-ethyl adjacent to an activating group) is 1. The van der Waals surface area contributed by atoms with E-state index >= 15 is 0 Å². The van der Waals surface area contributed by atoms with E-state index in [1.54, 1.807) is 0 Å². The molecule has 1 aliphatic rings. The van der Waals surface area contributed by atoms with E-state index in [9.17, 15) is 4.79 Å². The molecule has 1 amide bonds. The molecule has 1 heterocycles. The van der Waals surface area contributed by atoms with Crippen LogP contribution in [0.5, 0.6) is 0 Å². The fourth-order valence-corrected chi connectivity index (χ4v) is 4.51. The molecule has 1 fully saturated rings. The summed E-state index contributed by atoms with van der Waals surface area (Å²) in [5, 5.41) is 3.86. The molecule has 1 N–H and O–H groups in total. The molecule has 0 atom stereocenters. The summed E-state index contributed by atoms with van der Waals surface area (Å²) in [5.74, 6) is -0.459. The van der Waals surface area contributed by atoms with Gasteiger partial charge in [-0.2, -0.15) is 0 Å². The van der Waals surface area contributed by atoms with Crippen LogP contribution in [0.4, 0.5) is 11.4 Å². The Labute approximate surface area is 189 Å². The van der Waals surface area contributed by atoms with Gasteiger partial charge in [-0.3, -0.25) is 4.79 Å². The van der Waals surface area contributed by atoms with Gasteiger partial charge >= 0.3 is 0 Å². The van der Waals surface area contributed by atoms with Crippen molar-refractivity contribution in [3.8, 4) is 0 Å². The molecule has 31 heavy (non-hydrogen) atoms. The van der Waals surface area contributed by atoms with Gasteiger partial charge in [0, 0.05) is 26.2 Å². The molecule has 4 nitrogen and oxygen atoms in total. The summed E-state index contributed by atoms with van der Waals surface area (Å²) >= 11 is 6.62. The number of halogens is 1. The van der Waals surface area contributed by atoms with Gasteiger partial charge in [-0.05, 0) is 29.8 Å². The summed E-state index contributed by atoms with van der Waals surface area (Å²) < 4.78 is 0. The molecule has 5 heteroatoms. The quantitative estimate of drug-likeness (QED) is 0.576. The summed E-state index contributed by atoms with van der Waals surface area (Å²) in [6, 6.07) is 25.5. The molecule has 1 saturated heterocycles. The first kappa shape index (κ1) is 21.4. The second-order valence-corrected chi connectivity index (χ2v) is 8.21. The average molecular weight is 434 g/mol. The van der Waals surface area contributed by atoms with Crippen LogP contribution in [0.25, 0.3) is 0 Å². The zero-order valence-electron chi connectivity index (χ0n) is 17.8. The van der Waals surface area contributed by atoms with Gasteiger partial charge < -0.3 is 15.1 Å². The molecule has 0 unspecified atom stereocenters. The van der Waals surface area contributed by atoms with Crippen LogP contribution in [-0.4, -0.2) is 43.5 Å². The number of para-hydroxylation sites is 1. The van der Waals surface area contributed by atoms with Crippen molar-refractivity contribution >= 4 is 28.9 Å². The van der Waals surface area contributed by atoms with Crippen molar-refractivity contribution in [3.63, 3.8) is 0 Å². The Morgan fingerprint density at radius 2 is 1.45 bits per heavy atom. The van der Waals surface area contributed by atoms with Crippen molar-refractivity contribution in [2.45, 2.75) is 12.8 Å². The van der Waals surface area contributed by atoms with Gasteiger partial charge in [-0.1, -0.05) is 85.3 Å². The van der Waals surface area contributed by atoms with Gasteiger partial charge in [0.1, 0.15) is 0 Å². The standard InChI is InChI=1S/C26H28ClN3O/c1-2-29-16-18-30(19-17-29)25-22(27)14-9-15-23(25)28-26(31)24(20-10-5-3-6-11-20)21-12-7-4-8-13-21/h3-15,24H,2,16-19H2,1H3,(H,28,31). The molecule has 0 aliphatic carbocycles. The number of amides is 1. The van der Waals surface area contributed by atoms with Gasteiger partial charge in [0.25, 0.3) is 0 Å². The van der Waals surface area contributed by atoms with Crippen LogP contribution in [-0.2, 0) is 4.79 Å². The maximum Gasteiger partial charge on any atom is 0.236 e. The van der Waals surface area contributed by atoms with E-state index in [-0.39, 0.29) is 5.91 Å². The summed E-state index contributed by atoms with van der Waals surface area (Å²) in [5.41, 5.74) is 3.60. The highest BCUT2D eigenvalue weighted by molar-refractivity contribution is 6.34. The van der Waals surface area contributed by atoms with Crippen molar-refractivity contribution < 1.29 is 4.79 Å². The molecule has 0 radical (unpaired) electrons. The van der Waals surface area contributed by atoms with E-state index in [1.165, 1.54) is 0 Å². The van der Waals surface area contributed by atoms with E-state index in [4.69, 9.17) is 11.6 Å².